The summed E-state index contributed by atoms with van der Waals surface area (Å²) < 4.78 is 6.22. The second-order valence-corrected chi connectivity index (χ2v) is 8.24. The number of nitriles is 1. The molecule has 4 N–H and O–H groups in total. The van der Waals surface area contributed by atoms with Crippen LogP contribution in [0.3, 0.4) is 0 Å². The van der Waals surface area contributed by atoms with E-state index < -0.39 is 0 Å². The molecule has 0 saturated carbocycles. The first-order valence-electron chi connectivity index (χ1n) is 11.1. The molecule has 6 heteroatoms. The maximum absolute atomic E-state index is 10.1. The third-order valence-electron chi connectivity index (χ3n) is 5.68. The highest BCUT2D eigenvalue weighted by atomic mass is 16.5. The molecule has 1 heterocycles. The van der Waals surface area contributed by atoms with Gasteiger partial charge in [-0.2, -0.15) is 5.26 Å². The number of benzene rings is 3. The van der Waals surface area contributed by atoms with E-state index in [4.69, 9.17) is 21.3 Å². The van der Waals surface area contributed by atoms with Gasteiger partial charge in [-0.25, -0.2) is 10.8 Å². The van der Waals surface area contributed by atoms with Crippen LogP contribution in [0.5, 0.6) is 5.88 Å². The normalized spacial score (nSPS) is 11.1. The van der Waals surface area contributed by atoms with Crippen molar-refractivity contribution in [2.75, 3.05) is 5.01 Å². The summed E-state index contributed by atoms with van der Waals surface area (Å²) in [5.74, 6) is 6.70. The number of ether oxygens (including phenoxy) is 1. The number of nitrogens with two attached hydrogens (primary N) is 2. The van der Waals surface area contributed by atoms with Gasteiger partial charge in [0, 0.05) is 28.7 Å². The zero-order chi connectivity index (χ0) is 24.1. The number of rotatable bonds is 7. The first-order chi connectivity index (χ1) is 16.5. The van der Waals surface area contributed by atoms with Gasteiger partial charge in [-0.3, -0.25) is 5.01 Å². The van der Waals surface area contributed by atoms with Gasteiger partial charge in [0.25, 0.3) is 0 Å². The quantitative estimate of drug-likeness (QED) is 0.282. The van der Waals surface area contributed by atoms with Gasteiger partial charge in [-0.05, 0) is 35.2 Å². The topological polar surface area (TPSA) is 101 Å². The van der Waals surface area contributed by atoms with Crippen molar-refractivity contribution in [3.05, 3.63) is 102 Å². The minimum Gasteiger partial charge on any atom is -0.472 e. The van der Waals surface area contributed by atoms with Crippen molar-refractivity contribution in [2.45, 2.75) is 26.4 Å². The molecule has 4 rings (SSSR count). The molecule has 0 aliphatic rings. The Bertz CT molecular complexity index is 1370. The van der Waals surface area contributed by atoms with Crippen LogP contribution in [0.25, 0.3) is 22.0 Å². The largest absolute Gasteiger partial charge is 0.472 e. The molecular weight excluding hydrogens is 422 g/mol. The van der Waals surface area contributed by atoms with E-state index in [2.05, 4.69) is 26.0 Å². The van der Waals surface area contributed by atoms with Gasteiger partial charge in [-0.1, -0.05) is 68.4 Å². The Hall–Kier alpha value is -4.34. The molecule has 0 unspecified atom stereocenters. The van der Waals surface area contributed by atoms with Crippen LogP contribution in [-0.2, 0) is 6.61 Å². The number of hydrogen-bond acceptors (Lipinski definition) is 6. The summed E-state index contributed by atoms with van der Waals surface area (Å²) >= 11 is 0. The monoisotopic (exact) mass is 449 g/mol. The number of hydrazine groups is 1. The maximum atomic E-state index is 10.1. The number of hydrogen-bond donors (Lipinski definition) is 2. The van der Waals surface area contributed by atoms with E-state index in [1.54, 1.807) is 6.20 Å². The molecule has 4 aromatic rings. The zero-order valence-electron chi connectivity index (χ0n) is 19.3. The van der Waals surface area contributed by atoms with Crippen molar-refractivity contribution < 1.29 is 4.74 Å². The zero-order valence-corrected chi connectivity index (χ0v) is 19.3. The summed E-state index contributed by atoms with van der Waals surface area (Å²) in [6, 6.07) is 25.9. The molecule has 34 heavy (non-hydrogen) atoms. The van der Waals surface area contributed by atoms with Crippen LogP contribution in [-0.4, -0.2) is 4.98 Å². The second kappa shape index (κ2) is 10.1. The minimum atomic E-state index is 0.287. The summed E-state index contributed by atoms with van der Waals surface area (Å²) in [5, 5.41) is 13.1. The van der Waals surface area contributed by atoms with E-state index in [1.165, 1.54) is 11.2 Å². The fourth-order valence-corrected chi connectivity index (χ4v) is 3.96. The van der Waals surface area contributed by atoms with Gasteiger partial charge >= 0.3 is 0 Å². The summed E-state index contributed by atoms with van der Waals surface area (Å²) in [4.78, 5) is 4.87. The number of fused-ring (bicyclic) bond motifs is 1. The van der Waals surface area contributed by atoms with Crippen molar-refractivity contribution in [3.63, 3.8) is 0 Å². The van der Waals surface area contributed by atoms with Crippen molar-refractivity contribution >= 4 is 16.5 Å². The van der Waals surface area contributed by atoms with Crippen molar-refractivity contribution in [1.82, 2.24) is 4.98 Å². The summed E-state index contributed by atoms with van der Waals surface area (Å²) in [5.41, 5.74) is 10.5. The second-order valence-electron chi connectivity index (χ2n) is 8.24. The summed E-state index contributed by atoms with van der Waals surface area (Å²) in [7, 11) is 0. The van der Waals surface area contributed by atoms with Crippen LogP contribution >= 0.6 is 0 Å². The first-order valence-corrected chi connectivity index (χ1v) is 11.1. The molecule has 0 aliphatic heterocycles. The van der Waals surface area contributed by atoms with Crippen molar-refractivity contribution in [1.29, 1.82) is 5.26 Å². The highest BCUT2D eigenvalue weighted by Crippen LogP contribution is 2.37. The third kappa shape index (κ3) is 4.56. The van der Waals surface area contributed by atoms with Crippen molar-refractivity contribution in [3.8, 4) is 23.2 Å². The number of aromatic nitrogens is 1. The Kier molecular flexibility index (Phi) is 6.77. The number of nitrogens with zero attached hydrogens (tertiary/aromatic N) is 3. The Balaban J connectivity index is 1.75. The highest BCUT2D eigenvalue weighted by Gasteiger charge is 2.19. The Morgan fingerprint density at radius 3 is 2.35 bits per heavy atom. The summed E-state index contributed by atoms with van der Waals surface area (Å²) in [6.45, 7) is 4.60. The standard InChI is InChI=1S/C28H27N5O/c1-19(2)22-7-3-5-9-24(22)27-26(17-30)23-8-4-6-10-25(23)28(32-27)34-18-20-11-13-21(14-12-20)33(31)16-15-29/h3-16,19H,18,29,31H2,1-2H3/b16-15-. The van der Waals surface area contributed by atoms with E-state index in [9.17, 15) is 5.26 Å². The van der Waals surface area contributed by atoms with Gasteiger partial charge in [0.1, 0.15) is 12.7 Å². The molecule has 0 bridgehead atoms. The number of anilines is 1. The first kappa shape index (κ1) is 22.8. The molecule has 0 radical (unpaired) electrons. The van der Waals surface area contributed by atoms with Gasteiger partial charge in [-0.15, -0.1) is 0 Å². The smallest absolute Gasteiger partial charge is 0.222 e. The lowest BCUT2D eigenvalue weighted by atomic mass is 9.92. The van der Waals surface area contributed by atoms with E-state index in [0.29, 0.717) is 23.7 Å². The average Bonchev–Trinajstić information content (AvgIpc) is 2.87. The predicted molar refractivity (Wildman–Crippen MR) is 137 cm³/mol. The van der Waals surface area contributed by atoms with E-state index in [-0.39, 0.29) is 5.92 Å². The van der Waals surface area contributed by atoms with Gasteiger partial charge < -0.3 is 10.5 Å². The van der Waals surface area contributed by atoms with E-state index in [0.717, 1.165) is 33.2 Å². The highest BCUT2D eigenvalue weighted by molar-refractivity contribution is 5.96. The molecule has 0 atom stereocenters. The van der Waals surface area contributed by atoms with Crippen LogP contribution in [0.1, 0.15) is 36.5 Å². The molecule has 0 spiro atoms. The van der Waals surface area contributed by atoms with Crippen LogP contribution in [0.4, 0.5) is 5.69 Å². The lowest BCUT2D eigenvalue weighted by molar-refractivity contribution is 0.298. The molecule has 0 aliphatic carbocycles. The average molecular weight is 450 g/mol. The van der Waals surface area contributed by atoms with Crippen LogP contribution in [0, 0.1) is 11.3 Å². The van der Waals surface area contributed by atoms with Gasteiger partial charge in [0.2, 0.25) is 5.88 Å². The van der Waals surface area contributed by atoms with Gasteiger partial charge in [0.15, 0.2) is 0 Å². The Labute approximate surface area is 199 Å². The molecule has 170 valence electrons. The predicted octanol–water partition coefficient (Wildman–Crippen LogP) is 5.59. The van der Waals surface area contributed by atoms with Crippen LogP contribution < -0.4 is 21.3 Å². The molecule has 3 aromatic carbocycles. The Morgan fingerprint density at radius 2 is 1.68 bits per heavy atom. The Morgan fingerprint density at radius 1 is 1.00 bits per heavy atom. The molecule has 0 fully saturated rings. The molecule has 0 amide bonds. The van der Waals surface area contributed by atoms with E-state index >= 15 is 0 Å². The fraction of sp³-hybridized carbons (Fsp3) is 0.143. The maximum Gasteiger partial charge on any atom is 0.222 e. The molecular formula is C28H27N5O. The van der Waals surface area contributed by atoms with E-state index in [1.807, 2.05) is 66.7 Å². The minimum absolute atomic E-state index is 0.287. The van der Waals surface area contributed by atoms with Crippen LogP contribution in [0.15, 0.2) is 85.2 Å². The lowest BCUT2D eigenvalue weighted by Crippen LogP contribution is -2.24. The SMILES string of the molecule is CC(C)c1ccccc1-c1nc(OCc2ccc(N(N)/C=C\N)cc2)c2ccccc2c1C#N. The fourth-order valence-electron chi connectivity index (χ4n) is 3.96. The third-order valence-corrected chi connectivity index (χ3v) is 5.68. The van der Waals surface area contributed by atoms with Crippen LogP contribution in [0.2, 0.25) is 0 Å². The van der Waals surface area contributed by atoms with Crippen molar-refractivity contribution in [2.24, 2.45) is 11.6 Å². The molecule has 1 aromatic heterocycles. The summed E-state index contributed by atoms with van der Waals surface area (Å²) in [6.07, 6.45) is 2.96. The number of pyridine rings is 1. The molecule has 6 nitrogen and oxygen atoms in total. The molecule has 0 saturated heterocycles. The lowest BCUT2D eigenvalue weighted by Gasteiger charge is -2.17. The van der Waals surface area contributed by atoms with Gasteiger partial charge in [0.05, 0.1) is 16.9 Å².